The smallest absolute Gasteiger partial charge is 0.186 e. The van der Waals surface area contributed by atoms with Crippen LogP contribution in [-0.4, -0.2) is 64.9 Å². The van der Waals surface area contributed by atoms with Gasteiger partial charge < -0.3 is 24.4 Å². The quantitative estimate of drug-likeness (QED) is 0.254. The second kappa shape index (κ2) is 11.2. The van der Waals surface area contributed by atoms with Gasteiger partial charge in [-0.2, -0.15) is 5.10 Å². The predicted molar refractivity (Wildman–Crippen MR) is 107 cm³/mol. The monoisotopic (exact) mass is 401 g/mol. The van der Waals surface area contributed by atoms with Gasteiger partial charge >= 0.3 is 0 Å². The molecule has 1 fully saturated rings. The van der Waals surface area contributed by atoms with Crippen molar-refractivity contribution in [1.29, 1.82) is 0 Å². The number of ether oxygens (including phenoxy) is 3. The predicted octanol–water partition coefficient (Wildman–Crippen LogP) is 0.460. The van der Waals surface area contributed by atoms with Crippen LogP contribution in [0.3, 0.4) is 0 Å². The first-order valence-electron chi connectivity index (χ1n) is 8.53. The number of thiocarbonyl (C=S) groups is 1. The zero-order valence-electron chi connectivity index (χ0n) is 15.1. The molecule has 0 aromatic heterocycles. The average molecular weight is 402 g/mol. The molecule has 1 aliphatic heterocycles. The number of methoxy groups -OCH3 is 2. The molecule has 0 amide bonds. The van der Waals surface area contributed by atoms with E-state index in [9.17, 15) is 0 Å². The largest absolute Gasteiger partial charge is 0.493 e. The second-order valence-electron chi connectivity index (χ2n) is 5.83. The van der Waals surface area contributed by atoms with Crippen LogP contribution in [0.15, 0.2) is 17.2 Å². The lowest BCUT2D eigenvalue weighted by Crippen LogP contribution is -3.14. The summed E-state index contributed by atoms with van der Waals surface area (Å²) in [5, 5.41) is 8.23. The highest BCUT2D eigenvalue weighted by molar-refractivity contribution is 7.80. The number of morpholine rings is 1. The van der Waals surface area contributed by atoms with Crippen molar-refractivity contribution in [3.05, 3.63) is 22.7 Å². The summed E-state index contributed by atoms with van der Waals surface area (Å²) in [5.41, 5.74) is 3.58. The molecule has 0 spiro atoms. The van der Waals surface area contributed by atoms with Crippen LogP contribution in [0.1, 0.15) is 12.0 Å². The lowest BCUT2D eigenvalue weighted by molar-refractivity contribution is -0.908. The molecule has 9 heteroatoms. The molecule has 1 aromatic rings. The molecule has 0 unspecified atom stereocenters. The third-order valence-electron chi connectivity index (χ3n) is 4.03. The van der Waals surface area contributed by atoms with Gasteiger partial charge in [-0.3, -0.25) is 5.43 Å². The molecule has 144 valence electrons. The van der Waals surface area contributed by atoms with Crippen LogP contribution < -0.4 is 25.1 Å². The van der Waals surface area contributed by atoms with Crippen LogP contribution in [0, 0.1) is 0 Å². The van der Waals surface area contributed by atoms with Gasteiger partial charge in [-0.25, -0.2) is 0 Å². The molecule has 1 heterocycles. The summed E-state index contributed by atoms with van der Waals surface area (Å²) in [6, 6.07) is 3.53. The summed E-state index contributed by atoms with van der Waals surface area (Å²) in [6.07, 6.45) is 2.67. The normalized spacial score (nSPS) is 15.0. The van der Waals surface area contributed by atoms with E-state index in [4.69, 9.17) is 38.0 Å². The standard InChI is InChI=1S/C17H25ClN4O3S/c1-23-15-11-13(10-14(18)16(15)24-2)12-20-21-17(26)19-4-3-5-22-6-8-25-9-7-22/h10-12H,3-9H2,1-2H3,(H2,19,21,26)/p+1/b20-12-. The second-order valence-corrected chi connectivity index (χ2v) is 6.65. The summed E-state index contributed by atoms with van der Waals surface area (Å²) in [4.78, 5) is 1.58. The Labute approximate surface area is 164 Å². The van der Waals surface area contributed by atoms with E-state index in [1.54, 1.807) is 37.5 Å². The molecule has 1 saturated heterocycles. The van der Waals surface area contributed by atoms with Gasteiger partial charge in [0.05, 0.1) is 45.2 Å². The van der Waals surface area contributed by atoms with Crippen molar-refractivity contribution in [3.8, 4) is 11.5 Å². The fourth-order valence-electron chi connectivity index (χ4n) is 2.67. The molecule has 2 rings (SSSR count). The molecule has 7 nitrogen and oxygen atoms in total. The topological polar surface area (TPSA) is 68.5 Å². The van der Waals surface area contributed by atoms with E-state index >= 15 is 0 Å². The van der Waals surface area contributed by atoms with Crippen molar-refractivity contribution in [1.82, 2.24) is 10.7 Å². The summed E-state index contributed by atoms with van der Waals surface area (Å²) in [6.45, 7) is 5.82. The zero-order chi connectivity index (χ0) is 18.8. The van der Waals surface area contributed by atoms with E-state index in [1.807, 2.05) is 0 Å². The van der Waals surface area contributed by atoms with Crippen LogP contribution in [0.4, 0.5) is 0 Å². The van der Waals surface area contributed by atoms with Crippen molar-refractivity contribution < 1.29 is 19.1 Å². The first kappa shape index (κ1) is 20.7. The molecular formula is C17H26ClN4O3S+. The maximum absolute atomic E-state index is 6.17. The fourth-order valence-corrected chi connectivity index (χ4v) is 3.12. The molecule has 0 aliphatic carbocycles. The lowest BCUT2D eigenvalue weighted by atomic mass is 10.2. The number of hydrazone groups is 1. The summed E-state index contributed by atoms with van der Waals surface area (Å²) in [5.74, 6) is 1.05. The van der Waals surface area contributed by atoms with Crippen LogP contribution in [0.5, 0.6) is 11.5 Å². The lowest BCUT2D eigenvalue weighted by Gasteiger charge is -2.23. The molecule has 1 aromatic carbocycles. The maximum Gasteiger partial charge on any atom is 0.186 e. The Bertz CT molecular complexity index is 624. The van der Waals surface area contributed by atoms with Gasteiger partial charge in [0.15, 0.2) is 16.6 Å². The van der Waals surface area contributed by atoms with Gasteiger partial charge in [-0.05, 0) is 29.9 Å². The maximum atomic E-state index is 6.17. The van der Waals surface area contributed by atoms with E-state index in [0.717, 1.165) is 51.4 Å². The Morgan fingerprint density at radius 1 is 1.35 bits per heavy atom. The van der Waals surface area contributed by atoms with Gasteiger partial charge in [0.1, 0.15) is 13.1 Å². The van der Waals surface area contributed by atoms with Gasteiger partial charge in [0, 0.05) is 13.0 Å². The number of halogens is 1. The molecule has 0 bridgehead atoms. The number of nitrogens with one attached hydrogen (secondary N) is 3. The Kier molecular flexibility index (Phi) is 8.90. The van der Waals surface area contributed by atoms with Crippen LogP contribution in [-0.2, 0) is 4.74 Å². The first-order chi connectivity index (χ1) is 12.6. The van der Waals surface area contributed by atoms with Crippen LogP contribution in [0.25, 0.3) is 0 Å². The minimum atomic E-state index is 0.458. The molecule has 3 N–H and O–H groups in total. The summed E-state index contributed by atoms with van der Waals surface area (Å²) >= 11 is 11.4. The van der Waals surface area contributed by atoms with E-state index in [-0.39, 0.29) is 0 Å². The van der Waals surface area contributed by atoms with Gasteiger partial charge in [0.25, 0.3) is 0 Å². The number of benzene rings is 1. The van der Waals surface area contributed by atoms with Gasteiger partial charge in [-0.15, -0.1) is 0 Å². The van der Waals surface area contributed by atoms with Crippen LogP contribution >= 0.6 is 23.8 Å². The Morgan fingerprint density at radius 2 is 2.12 bits per heavy atom. The van der Waals surface area contributed by atoms with Crippen molar-refractivity contribution in [2.45, 2.75) is 6.42 Å². The highest BCUT2D eigenvalue weighted by atomic mass is 35.5. The minimum absolute atomic E-state index is 0.458. The number of rotatable bonds is 8. The fraction of sp³-hybridized carbons (Fsp3) is 0.529. The SMILES string of the molecule is COc1cc(/C=N\NC(=S)NCCC[NH+]2CCOCC2)cc(Cl)c1OC. The van der Waals surface area contributed by atoms with Crippen molar-refractivity contribution in [2.75, 3.05) is 53.6 Å². The Hall–Kier alpha value is -1.61. The van der Waals surface area contributed by atoms with E-state index in [2.05, 4.69) is 15.8 Å². The van der Waals surface area contributed by atoms with Gasteiger partial charge in [-0.1, -0.05) is 11.6 Å². The average Bonchev–Trinajstić information content (AvgIpc) is 2.65. The minimum Gasteiger partial charge on any atom is -0.493 e. The van der Waals surface area contributed by atoms with Crippen LogP contribution in [0.2, 0.25) is 5.02 Å². The highest BCUT2D eigenvalue weighted by Gasteiger charge is 2.12. The number of quaternary nitrogens is 1. The highest BCUT2D eigenvalue weighted by Crippen LogP contribution is 2.35. The molecular weight excluding hydrogens is 376 g/mol. The molecule has 1 aliphatic rings. The van der Waals surface area contributed by atoms with E-state index in [0.29, 0.717) is 21.6 Å². The number of nitrogens with zero attached hydrogens (tertiary/aromatic N) is 1. The van der Waals surface area contributed by atoms with Gasteiger partial charge in [0.2, 0.25) is 0 Å². The molecule has 0 saturated carbocycles. The molecule has 0 radical (unpaired) electrons. The third kappa shape index (κ3) is 6.60. The third-order valence-corrected chi connectivity index (χ3v) is 4.54. The summed E-state index contributed by atoms with van der Waals surface area (Å²) < 4.78 is 15.8. The van der Waals surface area contributed by atoms with Crippen molar-refractivity contribution in [3.63, 3.8) is 0 Å². The first-order valence-corrected chi connectivity index (χ1v) is 9.32. The number of hydrogen-bond acceptors (Lipinski definition) is 5. The number of hydrogen-bond donors (Lipinski definition) is 3. The zero-order valence-corrected chi connectivity index (χ0v) is 16.7. The van der Waals surface area contributed by atoms with Crippen molar-refractivity contribution in [2.24, 2.45) is 5.10 Å². The van der Waals surface area contributed by atoms with E-state index in [1.165, 1.54) is 0 Å². The molecule has 26 heavy (non-hydrogen) atoms. The molecule has 0 atom stereocenters. The van der Waals surface area contributed by atoms with Crippen molar-refractivity contribution >= 4 is 35.1 Å². The van der Waals surface area contributed by atoms with E-state index < -0.39 is 0 Å². The Balaban J connectivity index is 1.72. The Morgan fingerprint density at radius 3 is 2.81 bits per heavy atom. The summed E-state index contributed by atoms with van der Waals surface area (Å²) in [7, 11) is 3.11.